The summed E-state index contributed by atoms with van der Waals surface area (Å²) in [5.74, 6) is -0.0126. The first-order valence-corrected chi connectivity index (χ1v) is 5.91. The number of benzene rings is 1. The van der Waals surface area contributed by atoms with Crippen molar-refractivity contribution in [1.29, 1.82) is 0 Å². The van der Waals surface area contributed by atoms with Gasteiger partial charge in [-0.15, -0.1) is 0 Å². The topological polar surface area (TPSA) is 34.9 Å². The van der Waals surface area contributed by atoms with Crippen molar-refractivity contribution in [3.63, 3.8) is 0 Å². The van der Waals surface area contributed by atoms with Crippen molar-refractivity contribution in [3.05, 3.63) is 58.3 Å². The zero-order chi connectivity index (χ0) is 12.3. The van der Waals surface area contributed by atoms with Crippen molar-refractivity contribution < 1.29 is 4.79 Å². The molecule has 0 atom stereocenters. The molecule has 0 aliphatic rings. The molecule has 2 aromatic rings. The van der Waals surface area contributed by atoms with Crippen LogP contribution >= 0.6 is 15.9 Å². The van der Waals surface area contributed by atoms with E-state index in [9.17, 15) is 4.79 Å². The maximum absolute atomic E-state index is 11.8. The Bertz CT molecular complexity index is 555. The first-order chi connectivity index (χ1) is 8.15. The summed E-state index contributed by atoms with van der Waals surface area (Å²) in [4.78, 5) is 11.8. The number of hydrogen-bond acceptors (Lipinski definition) is 2. The fraction of sp³-hybridized carbons (Fsp3) is 0.0769. The zero-order valence-corrected chi connectivity index (χ0v) is 10.9. The van der Waals surface area contributed by atoms with Gasteiger partial charge in [-0.3, -0.25) is 9.48 Å². The summed E-state index contributed by atoms with van der Waals surface area (Å²) in [5.41, 5.74) is 1.59. The SMILES string of the molecule is Cn1cc(/C=C/C(=O)c2ccc(Br)cc2)cn1. The molecule has 1 heterocycles. The zero-order valence-electron chi connectivity index (χ0n) is 9.30. The van der Waals surface area contributed by atoms with E-state index in [4.69, 9.17) is 0 Å². The van der Waals surface area contributed by atoms with Crippen LogP contribution in [0.2, 0.25) is 0 Å². The molecule has 0 N–H and O–H groups in total. The van der Waals surface area contributed by atoms with E-state index in [1.54, 1.807) is 35.2 Å². The van der Waals surface area contributed by atoms with Gasteiger partial charge in [0.2, 0.25) is 0 Å². The fourth-order valence-electron chi connectivity index (χ4n) is 1.41. The third kappa shape index (κ3) is 3.14. The minimum atomic E-state index is -0.0126. The van der Waals surface area contributed by atoms with Crippen LogP contribution in [0.15, 0.2) is 47.2 Å². The van der Waals surface area contributed by atoms with Crippen LogP contribution in [-0.4, -0.2) is 15.6 Å². The molecule has 0 saturated heterocycles. The molecule has 1 aromatic carbocycles. The van der Waals surface area contributed by atoms with Gasteiger partial charge in [0.25, 0.3) is 0 Å². The third-order valence-electron chi connectivity index (χ3n) is 2.28. The van der Waals surface area contributed by atoms with Crippen LogP contribution in [0.3, 0.4) is 0 Å². The number of aromatic nitrogens is 2. The van der Waals surface area contributed by atoms with E-state index in [1.165, 1.54) is 0 Å². The Hall–Kier alpha value is -1.68. The molecule has 2 rings (SSSR count). The average Bonchev–Trinajstić information content (AvgIpc) is 2.73. The van der Waals surface area contributed by atoms with Gasteiger partial charge in [-0.2, -0.15) is 5.10 Å². The maximum Gasteiger partial charge on any atom is 0.185 e. The van der Waals surface area contributed by atoms with E-state index in [1.807, 2.05) is 25.4 Å². The number of carbonyl (C=O) groups is 1. The summed E-state index contributed by atoms with van der Waals surface area (Å²) >= 11 is 3.33. The summed E-state index contributed by atoms with van der Waals surface area (Å²) in [6, 6.07) is 7.29. The molecule has 4 heteroatoms. The molecular weight excluding hydrogens is 280 g/mol. The molecule has 17 heavy (non-hydrogen) atoms. The van der Waals surface area contributed by atoms with Gasteiger partial charge >= 0.3 is 0 Å². The van der Waals surface area contributed by atoms with Crippen molar-refractivity contribution in [1.82, 2.24) is 9.78 Å². The van der Waals surface area contributed by atoms with Gasteiger partial charge in [0, 0.05) is 28.8 Å². The molecule has 0 radical (unpaired) electrons. The first kappa shape index (κ1) is 11.8. The van der Waals surface area contributed by atoms with E-state index in [0.717, 1.165) is 10.0 Å². The van der Waals surface area contributed by atoms with Crippen LogP contribution in [0.5, 0.6) is 0 Å². The highest BCUT2D eigenvalue weighted by molar-refractivity contribution is 9.10. The van der Waals surface area contributed by atoms with Gasteiger partial charge in [0.05, 0.1) is 6.20 Å². The Morgan fingerprint density at radius 3 is 2.65 bits per heavy atom. The summed E-state index contributed by atoms with van der Waals surface area (Å²) in [7, 11) is 1.84. The normalized spacial score (nSPS) is 10.9. The second-order valence-corrected chi connectivity index (χ2v) is 4.57. The number of carbonyl (C=O) groups excluding carboxylic acids is 1. The first-order valence-electron chi connectivity index (χ1n) is 5.12. The molecule has 0 aliphatic heterocycles. The highest BCUT2D eigenvalue weighted by Gasteiger charge is 2.01. The second-order valence-electron chi connectivity index (χ2n) is 3.65. The van der Waals surface area contributed by atoms with Crippen LogP contribution in [-0.2, 0) is 7.05 Å². The number of nitrogens with zero attached hydrogens (tertiary/aromatic N) is 2. The Kier molecular flexibility index (Phi) is 3.54. The predicted molar refractivity (Wildman–Crippen MR) is 70.7 cm³/mol. The summed E-state index contributed by atoms with van der Waals surface area (Å²) in [5, 5.41) is 4.03. The predicted octanol–water partition coefficient (Wildman–Crippen LogP) is 3.08. The van der Waals surface area contributed by atoms with Gasteiger partial charge in [-0.05, 0) is 36.4 Å². The number of ketones is 1. The Labute approximate surface area is 108 Å². The molecule has 3 nitrogen and oxygen atoms in total. The molecule has 0 aliphatic carbocycles. The lowest BCUT2D eigenvalue weighted by molar-refractivity contribution is 0.104. The Morgan fingerprint density at radius 2 is 2.06 bits per heavy atom. The van der Waals surface area contributed by atoms with E-state index in [2.05, 4.69) is 21.0 Å². The Balaban J connectivity index is 2.11. The highest BCUT2D eigenvalue weighted by Crippen LogP contribution is 2.11. The van der Waals surface area contributed by atoms with Gasteiger partial charge < -0.3 is 0 Å². The van der Waals surface area contributed by atoms with Crippen LogP contribution < -0.4 is 0 Å². The summed E-state index contributed by atoms with van der Waals surface area (Å²) in [6.07, 6.45) is 6.88. The molecule has 86 valence electrons. The fourth-order valence-corrected chi connectivity index (χ4v) is 1.67. The van der Waals surface area contributed by atoms with Gasteiger partial charge in [0.15, 0.2) is 5.78 Å². The molecule has 1 aromatic heterocycles. The minimum absolute atomic E-state index is 0.0126. The highest BCUT2D eigenvalue weighted by atomic mass is 79.9. The van der Waals surface area contributed by atoms with Gasteiger partial charge in [0.1, 0.15) is 0 Å². The monoisotopic (exact) mass is 290 g/mol. The largest absolute Gasteiger partial charge is 0.289 e. The van der Waals surface area contributed by atoms with Crippen molar-refractivity contribution in [3.8, 4) is 0 Å². The number of rotatable bonds is 3. The van der Waals surface area contributed by atoms with Crippen molar-refractivity contribution in [2.45, 2.75) is 0 Å². The second kappa shape index (κ2) is 5.10. The Morgan fingerprint density at radius 1 is 1.35 bits per heavy atom. The standard InChI is InChI=1S/C13H11BrN2O/c1-16-9-10(8-15-16)2-7-13(17)11-3-5-12(14)6-4-11/h2-9H,1H3/b7-2+. The third-order valence-corrected chi connectivity index (χ3v) is 2.81. The minimum Gasteiger partial charge on any atom is -0.289 e. The molecule has 0 unspecified atom stereocenters. The van der Waals surface area contributed by atoms with Crippen molar-refractivity contribution in [2.75, 3.05) is 0 Å². The number of allylic oxidation sites excluding steroid dienone is 1. The molecule has 0 saturated carbocycles. The van der Waals surface area contributed by atoms with E-state index >= 15 is 0 Å². The molecule has 0 amide bonds. The van der Waals surface area contributed by atoms with E-state index in [0.29, 0.717) is 5.56 Å². The van der Waals surface area contributed by atoms with Crippen molar-refractivity contribution >= 4 is 27.8 Å². The van der Waals surface area contributed by atoms with Crippen LogP contribution in [0.1, 0.15) is 15.9 Å². The van der Waals surface area contributed by atoms with Crippen molar-refractivity contribution in [2.24, 2.45) is 7.05 Å². The smallest absolute Gasteiger partial charge is 0.185 e. The van der Waals surface area contributed by atoms with Crippen LogP contribution in [0, 0.1) is 0 Å². The molecular formula is C13H11BrN2O. The molecule has 0 spiro atoms. The number of halogens is 1. The summed E-state index contributed by atoms with van der Waals surface area (Å²) in [6.45, 7) is 0. The van der Waals surface area contributed by atoms with Gasteiger partial charge in [-0.25, -0.2) is 0 Å². The molecule has 0 fully saturated rings. The summed E-state index contributed by atoms with van der Waals surface area (Å²) < 4.78 is 2.66. The van der Waals surface area contributed by atoms with E-state index in [-0.39, 0.29) is 5.78 Å². The lowest BCUT2D eigenvalue weighted by Crippen LogP contribution is -1.92. The lowest BCUT2D eigenvalue weighted by Gasteiger charge is -1.95. The van der Waals surface area contributed by atoms with E-state index < -0.39 is 0 Å². The lowest BCUT2D eigenvalue weighted by atomic mass is 10.1. The van der Waals surface area contributed by atoms with Crippen LogP contribution in [0.25, 0.3) is 6.08 Å². The van der Waals surface area contributed by atoms with Crippen LogP contribution in [0.4, 0.5) is 0 Å². The number of aryl methyl sites for hydroxylation is 1. The quantitative estimate of drug-likeness (QED) is 0.643. The average molecular weight is 291 g/mol. The molecule has 0 bridgehead atoms. The maximum atomic E-state index is 11.8. The number of hydrogen-bond donors (Lipinski definition) is 0. The van der Waals surface area contributed by atoms with Gasteiger partial charge in [-0.1, -0.05) is 15.9 Å².